The molecule has 0 saturated heterocycles. The molecule has 0 spiro atoms. The fraction of sp³-hybridized carbons (Fsp3) is 0.450. The van der Waals surface area contributed by atoms with Gasteiger partial charge in [0.2, 0.25) is 0 Å². The van der Waals surface area contributed by atoms with Gasteiger partial charge in [0.15, 0.2) is 0 Å². The van der Waals surface area contributed by atoms with Crippen molar-refractivity contribution in [1.29, 1.82) is 0 Å². The van der Waals surface area contributed by atoms with E-state index >= 15 is 0 Å². The Bertz CT molecular complexity index is 846. The third-order valence-electron chi connectivity index (χ3n) is 5.53. The lowest BCUT2D eigenvalue weighted by molar-refractivity contribution is 0.0322. The highest BCUT2D eigenvalue weighted by atomic mass is 16.5. The summed E-state index contributed by atoms with van der Waals surface area (Å²) in [6.07, 6.45) is 6.28. The summed E-state index contributed by atoms with van der Waals surface area (Å²) in [7, 11) is 0. The molecule has 3 nitrogen and oxygen atoms in total. The van der Waals surface area contributed by atoms with Crippen LogP contribution in [-0.2, 0) is 6.42 Å². The number of fused-ring (bicyclic) bond motifs is 4. The Balaban J connectivity index is 1.85. The Kier molecular flexibility index (Phi) is 3.15. The molecule has 0 bridgehead atoms. The molecule has 0 N–H and O–H groups in total. The predicted octanol–water partition coefficient (Wildman–Crippen LogP) is 4.33. The van der Waals surface area contributed by atoms with Crippen molar-refractivity contribution in [1.82, 2.24) is 0 Å². The van der Waals surface area contributed by atoms with Crippen LogP contribution in [0.3, 0.4) is 0 Å². The predicted molar refractivity (Wildman–Crippen MR) is 90.8 cm³/mol. The Morgan fingerprint density at radius 3 is 2.83 bits per heavy atom. The maximum Gasteiger partial charge on any atom is 0.343 e. The normalized spacial score (nSPS) is 29.2. The van der Waals surface area contributed by atoms with Gasteiger partial charge in [0.1, 0.15) is 16.9 Å². The van der Waals surface area contributed by atoms with Crippen molar-refractivity contribution >= 4 is 11.0 Å². The monoisotopic (exact) mass is 310 g/mol. The van der Waals surface area contributed by atoms with Gasteiger partial charge in [0.05, 0.1) is 10.9 Å². The summed E-state index contributed by atoms with van der Waals surface area (Å²) in [4.78, 5) is 12.4. The molecule has 0 saturated carbocycles. The van der Waals surface area contributed by atoms with Gasteiger partial charge in [0, 0.05) is 5.92 Å². The molecule has 2 aromatic rings. The molecule has 0 amide bonds. The first-order valence-electron chi connectivity index (χ1n) is 8.41. The first-order valence-corrected chi connectivity index (χ1v) is 8.41. The van der Waals surface area contributed by atoms with Gasteiger partial charge >= 0.3 is 5.63 Å². The molecule has 3 heteroatoms. The molecule has 0 radical (unpaired) electrons. The molecular formula is C20H22O3. The lowest BCUT2D eigenvalue weighted by Gasteiger charge is -2.44. The third-order valence-corrected chi connectivity index (χ3v) is 5.53. The van der Waals surface area contributed by atoms with Crippen molar-refractivity contribution in [2.75, 3.05) is 0 Å². The molecule has 3 atom stereocenters. The Hall–Kier alpha value is -2.03. The van der Waals surface area contributed by atoms with Crippen molar-refractivity contribution in [3.05, 3.63) is 52.4 Å². The van der Waals surface area contributed by atoms with E-state index in [2.05, 4.69) is 32.9 Å². The van der Waals surface area contributed by atoms with E-state index in [0.717, 1.165) is 18.2 Å². The summed E-state index contributed by atoms with van der Waals surface area (Å²) in [5.41, 5.74) is 0.702. The molecule has 0 unspecified atom stereocenters. The lowest BCUT2D eigenvalue weighted by atomic mass is 9.70. The van der Waals surface area contributed by atoms with Gasteiger partial charge < -0.3 is 9.15 Å². The van der Waals surface area contributed by atoms with Gasteiger partial charge in [0.25, 0.3) is 0 Å². The zero-order valence-electron chi connectivity index (χ0n) is 13.8. The smallest absolute Gasteiger partial charge is 0.343 e. The molecule has 2 heterocycles. The topological polar surface area (TPSA) is 39.4 Å². The Morgan fingerprint density at radius 1 is 1.26 bits per heavy atom. The lowest BCUT2D eigenvalue weighted by Crippen LogP contribution is -2.47. The van der Waals surface area contributed by atoms with Crippen LogP contribution in [0, 0.1) is 17.8 Å². The van der Waals surface area contributed by atoms with Crippen molar-refractivity contribution < 1.29 is 9.15 Å². The zero-order chi connectivity index (χ0) is 16.2. The Morgan fingerprint density at radius 2 is 2.04 bits per heavy atom. The van der Waals surface area contributed by atoms with Crippen LogP contribution in [-0.4, -0.2) is 5.60 Å². The highest BCUT2D eigenvalue weighted by molar-refractivity contribution is 5.84. The van der Waals surface area contributed by atoms with Crippen LogP contribution in [0.2, 0.25) is 0 Å². The van der Waals surface area contributed by atoms with Crippen LogP contribution in [0.4, 0.5) is 0 Å². The highest BCUT2D eigenvalue weighted by Gasteiger charge is 2.44. The van der Waals surface area contributed by atoms with Crippen LogP contribution < -0.4 is 10.4 Å². The summed E-state index contributed by atoms with van der Waals surface area (Å²) in [6.45, 7) is 6.63. The van der Waals surface area contributed by atoms with Crippen LogP contribution in [0.1, 0.15) is 32.8 Å². The summed E-state index contributed by atoms with van der Waals surface area (Å²) in [6, 6.07) is 7.61. The second-order valence-electron chi connectivity index (χ2n) is 7.38. The van der Waals surface area contributed by atoms with E-state index in [4.69, 9.17) is 9.15 Å². The summed E-state index contributed by atoms with van der Waals surface area (Å²) in [5.74, 6) is 2.18. The van der Waals surface area contributed by atoms with E-state index in [1.165, 1.54) is 0 Å². The number of rotatable bonds is 1. The van der Waals surface area contributed by atoms with Crippen LogP contribution in [0.25, 0.3) is 11.0 Å². The number of hydrogen-bond donors (Lipinski definition) is 0. The minimum absolute atomic E-state index is 0.253. The van der Waals surface area contributed by atoms with Gasteiger partial charge in [-0.1, -0.05) is 32.1 Å². The number of ether oxygens (including phenoxy) is 1. The number of allylic oxidation sites excluding steroid dienone is 1. The average molecular weight is 310 g/mol. The van der Waals surface area contributed by atoms with Gasteiger partial charge in [-0.05, 0) is 49.8 Å². The van der Waals surface area contributed by atoms with Crippen molar-refractivity contribution in [3.8, 4) is 5.75 Å². The quantitative estimate of drug-likeness (QED) is 0.581. The van der Waals surface area contributed by atoms with Crippen molar-refractivity contribution in [2.45, 2.75) is 39.2 Å². The number of para-hydroxylation sites is 1. The molecule has 1 aromatic heterocycles. The van der Waals surface area contributed by atoms with E-state index in [1.807, 2.05) is 24.3 Å². The van der Waals surface area contributed by atoms with E-state index in [1.54, 1.807) is 0 Å². The van der Waals surface area contributed by atoms with E-state index in [-0.39, 0.29) is 11.2 Å². The summed E-state index contributed by atoms with van der Waals surface area (Å²) in [5, 5.41) is 0.890. The van der Waals surface area contributed by atoms with Gasteiger partial charge in [-0.15, -0.1) is 0 Å². The molecule has 1 aromatic carbocycles. The van der Waals surface area contributed by atoms with Crippen LogP contribution in [0.15, 0.2) is 45.6 Å². The summed E-state index contributed by atoms with van der Waals surface area (Å²) < 4.78 is 11.9. The van der Waals surface area contributed by atoms with Crippen molar-refractivity contribution in [2.24, 2.45) is 17.8 Å². The number of hydrogen-bond acceptors (Lipinski definition) is 3. The maximum atomic E-state index is 12.4. The van der Waals surface area contributed by atoms with Gasteiger partial charge in [-0.3, -0.25) is 0 Å². The van der Waals surface area contributed by atoms with E-state index in [0.29, 0.717) is 34.6 Å². The molecule has 120 valence electrons. The molecular weight excluding hydrogens is 288 g/mol. The third kappa shape index (κ3) is 2.21. The molecule has 4 rings (SSSR count). The van der Waals surface area contributed by atoms with E-state index in [9.17, 15) is 4.79 Å². The van der Waals surface area contributed by atoms with Gasteiger partial charge in [-0.2, -0.15) is 0 Å². The maximum absolute atomic E-state index is 12.4. The van der Waals surface area contributed by atoms with Crippen molar-refractivity contribution in [3.63, 3.8) is 0 Å². The zero-order valence-corrected chi connectivity index (χ0v) is 13.8. The second-order valence-corrected chi connectivity index (χ2v) is 7.38. The van der Waals surface area contributed by atoms with Crippen LogP contribution >= 0.6 is 0 Å². The standard InChI is InChI=1S/C20H22O3/c1-12(2)13-8-9-20(3)14(10-13)11-16-18(23-20)15-6-4-5-7-17(15)22-19(16)21/h4-9,12-14H,10-11H2,1-3H3/t13-,14-,20-/m1/s1. The van der Waals surface area contributed by atoms with E-state index < -0.39 is 0 Å². The number of benzene rings is 1. The first-order chi connectivity index (χ1) is 11.0. The molecule has 0 fully saturated rings. The average Bonchev–Trinajstić information content (AvgIpc) is 2.52. The molecule has 1 aliphatic heterocycles. The first kappa shape index (κ1) is 14.6. The second kappa shape index (κ2) is 4.98. The molecule has 2 aliphatic rings. The van der Waals surface area contributed by atoms with Gasteiger partial charge in [-0.25, -0.2) is 4.79 Å². The SMILES string of the molecule is CC(C)[C@@H]1C=C[C@@]2(C)Oc3c(c(=O)oc4ccccc34)C[C@H]2C1. The fourth-order valence-electron chi connectivity index (χ4n) is 3.91. The molecule has 23 heavy (non-hydrogen) atoms. The minimum Gasteiger partial charge on any atom is -0.482 e. The minimum atomic E-state index is -0.338. The summed E-state index contributed by atoms with van der Waals surface area (Å²) >= 11 is 0. The molecule has 1 aliphatic carbocycles. The largest absolute Gasteiger partial charge is 0.482 e. The van der Waals surface area contributed by atoms with Crippen LogP contribution in [0.5, 0.6) is 5.75 Å². The Labute approximate surface area is 136 Å². The fourth-order valence-corrected chi connectivity index (χ4v) is 3.91. The highest BCUT2D eigenvalue weighted by Crippen LogP contribution is 2.46.